The minimum absolute atomic E-state index is 0.0966. The summed E-state index contributed by atoms with van der Waals surface area (Å²) in [6, 6.07) is 24.8. The van der Waals surface area contributed by atoms with Crippen molar-refractivity contribution in [3.63, 3.8) is 0 Å². The highest BCUT2D eigenvalue weighted by molar-refractivity contribution is 5.78. The average molecular weight is 512 g/mol. The highest BCUT2D eigenvalue weighted by Gasteiger charge is 2.11. The molecule has 0 fully saturated rings. The average Bonchev–Trinajstić information content (AvgIpc) is 3.27. The van der Waals surface area contributed by atoms with Gasteiger partial charge in [-0.05, 0) is 67.0 Å². The van der Waals surface area contributed by atoms with Gasteiger partial charge < -0.3 is 14.6 Å². The lowest BCUT2D eigenvalue weighted by Crippen LogP contribution is -2.26. The zero-order chi connectivity index (χ0) is 26.7. The molecule has 0 spiro atoms. The van der Waals surface area contributed by atoms with E-state index < -0.39 is 0 Å². The molecule has 0 bridgehead atoms. The summed E-state index contributed by atoms with van der Waals surface area (Å²) in [5.41, 5.74) is 5.76. The van der Waals surface area contributed by atoms with Gasteiger partial charge in [0.1, 0.15) is 11.6 Å². The van der Waals surface area contributed by atoms with Crippen molar-refractivity contribution in [2.75, 3.05) is 13.2 Å². The Morgan fingerprint density at radius 1 is 0.921 bits per heavy atom. The molecule has 1 amide bonds. The molecule has 0 aliphatic rings. The fraction of sp³-hybridized carbons (Fsp3) is 0.394. The van der Waals surface area contributed by atoms with Crippen molar-refractivity contribution in [3.05, 3.63) is 95.3 Å². The van der Waals surface area contributed by atoms with Gasteiger partial charge in [-0.3, -0.25) is 4.79 Å². The van der Waals surface area contributed by atoms with Gasteiger partial charge in [-0.15, -0.1) is 0 Å². The summed E-state index contributed by atoms with van der Waals surface area (Å²) >= 11 is 0. The first-order valence-electron chi connectivity index (χ1n) is 14.0. The van der Waals surface area contributed by atoms with E-state index in [1.54, 1.807) is 0 Å². The van der Waals surface area contributed by atoms with Gasteiger partial charge in [0.2, 0.25) is 5.91 Å². The van der Waals surface area contributed by atoms with Crippen LogP contribution in [0, 0.1) is 6.92 Å². The maximum absolute atomic E-state index is 12.3. The summed E-state index contributed by atoms with van der Waals surface area (Å²) in [7, 11) is 0. The number of hydrogen-bond acceptors (Lipinski definition) is 3. The largest absolute Gasteiger partial charge is 0.493 e. The second-order valence-electron chi connectivity index (χ2n) is 10.3. The zero-order valence-corrected chi connectivity index (χ0v) is 23.1. The lowest BCUT2D eigenvalue weighted by molar-refractivity contribution is -0.120. The van der Waals surface area contributed by atoms with Crippen LogP contribution in [0.1, 0.15) is 68.0 Å². The SMILES string of the molecule is Cc1ccccc1CC(=O)NCCCCCc1nc2ccccc2n1CCCOc1ccccc1C(C)C. The second kappa shape index (κ2) is 13.8. The molecule has 3 aromatic carbocycles. The second-order valence-corrected chi connectivity index (χ2v) is 10.3. The molecule has 0 saturated carbocycles. The van der Waals surface area contributed by atoms with Gasteiger partial charge in [0, 0.05) is 19.5 Å². The van der Waals surface area contributed by atoms with Crippen LogP contribution < -0.4 is 10.1 Å². The van der Waals surface area contributed by atoms with Gasteiger partial charge in [-0.2, -0.15) is 0 Å². The number of nitrogens with zero attached hydrogens (tertiary/aromatic N) is 2. The molecule has 5 nitrogen and oxygen atoms in total. The van der Waals surface area contributed by atoms with Gasteiger partial charge in [0.25, 0.3) is 0 Å². The number of carbonyl (C=O) groups is 1. The number of fused-ring (bicyclic) bond motifs is 1. The molecule has 38 heavy (non-hydrogen) atoms. The number of aromatic nitrogens is 2. The van der Waals surface area contributed by atoms with Crippen LogP contribution in [-0.2, 0) is 24.2 Å². The lowest BCUT2D eigenvalue weighted by atomic mass is 10.0. The van der Waals surface area contributed by atoms with Gasteiger partial charge in [-0.25, -0.2) is 4.98 Å². The topological polar surface area (TPSA) is 56.2 Å². The summed E-state index contributed by atoms with van der Waals surface area (Å²) < 4.78 is 8.53. The van der Waals surface area contributed by atoms with E-state index in [-0.39, 0.29) is 5.91 Å². The zero-order valence-electron chi connectivity index (χ0n) is 23.1. The maximum Gasteiger partial charge on any atom is 0.224 e. The van der Waals surface area contributed by atoms with Crippen LogP contribution in [0.4, 0.5) is 0 Å². The molecule has 200 valence electrons. The van der Waals surface area contributed by atoms with Gasteiger partial charge in [-0.1, -0.05) is 74.9 Å². The number of amides is 1. The minimum Gasteiger partial charge on any atom is -0.493 e. The number of imidazole rings is 1. The van der Waals surface area contributed by atoms with Crippen molar-refractivity contribution in [1.29, 1.82) is 0 Å². The molecule has 0 radical (unpaired) electrons. The molecule has 0 aliphatic heterocycles. The van der Waals surface area contributed by atoms with Crippen LogP contribution in [-0.4, -0.2) is 28.6 Å². The van der Waals surface area contributed by atoms with Gasteiger partial charge in [0.15, 0.2) is 0 Å². The molecule has 1 aromatic heterocycles. The van der Waals surface area contributed by atoms with Crippen LogP contribution in [0.25, 0.3) is 11.0 Å². The van der Waals surface area contributed by atoms with Crippen LogP contribution >= 0.6 is 0 Å². The molecule has 1 N–H and O–H groups in total. The molecular formula is C33H41N3O2. The molecule has 5 heteroatoms. The van der Waals surface area contributed by atoms with Crippen molar-refractivity contribution < 1.29 is 9.53 Å². The van der Waals surface area contributed by atoms with E-state index in [2.05, 4.69) is 79.2 Å². The number of unbranched alkanes of at least 4 members (excludes halogenated alkanes) is 2. The number of para-hydroxylation sites is 3. The van der Waals surface area contributed by atoms with Crippen LogP contribution in [0.15, 0.2) is 72.8 Å². The minimum atomic E-state index is 0.0966. The maximum atomic E-state index is 12.3. The number of nitrogens with one attached hydrogen (secondary N) is 1. The molecule has 4 rings (SSSR count). The van der Waals surface area contributed by atoms with Crippen LogP contribution in [0.3, 0.4) is 0 Å². The Balaban J connectivity index is 1.24. The van der Waals surface area contributed by atoms with Crippen LogP contribution in [0.5, 0.6) is 5.75 Å². The van der Waals surface area contributed by atoms with E-state index in [1.165, 1.54) is 11.1 Å². The summed E-state index contributed by atoms with van der Waals surface area (Å²) in [5.74, 6) is 2.66. The first kappa shape index (κ1) is 27.4. The Morgan fingerprint density at radius 3 is 2.53 bits per heavy atom. The van der Waals surface area contributed by atoms with E-state index in [0.29, 0.717) is 18.9 Å². The summed E-state index contributed by atoms with van der Waals surface area (Å²) in [6.07, 6.45) is 5.39. The molecule has 0 atom stereocenters. The third kappa shape index (κ3) is 7.47. The molecule has 4 aromatic rings. The predicted molar refractivity (Wildman–Crippen MR) is 156 cm³/mol. The first-order valence-corrected chi connectivity index (χ1v) is 14.0. The van der Waals surface area contributed by atoms with Crippen molar-refractivity contribution in [2.24, 2.45) is 0 Å². The molecule has 0 unspecified atom stereocenters. The molecular weight excluding hydrogens is 470 g/mol. The number of hydrogen-bond donors (Lipinski definition) is 1. The lowest BCUT2D eigenvalue weighted by Gasteiger charge is -2.14. The molecule has 0 saturated heterocycles. The Hall–Kier alpha value is -3.60. The summed E-state index contributed by atoms with van der Waals surface area (Å²) in [5, 5.41) is 3.07. The number of rotatable bonds is 14. The fourth-order valence-electron chi connectivity index (χ4n) is 4.92. The summed E-state index contributed by atoms with van der Waals surface area (Å²) in [4.78, 5) is 17.2. The number of carbonyl (C=O) groups excluding carboxylic acids is 1. The first-order chi connectivity index (χ1) is 18.5. The van der Waals surface area contributed by atoms with Crippen LogP contribution in [0.2, 0.25) is 0 Å². The van der Waals surface area contributed by atoms with Crippen molar-refractivity contribution in [2.45, 2.75) is 71.8 Å². The smallest absolute Gasteiger partial charge is 0.224 e. The monoisotopic (exact) mass is 511 g/mol. The van der Waals surface area contributed by atoms with Crippen molar-refractivity contribution in [1.82, 2.24) is 14.9 Å². The molecule has 0 aliphatic carbocycles. The number of benzene rings is 3. The third-order valence-corrected chi connectivity index (χ3v) is 7.07. The number of ether oxygens (including phenoxy) is 1. The Morgan fingerprint density at radius 2 is 1.68 bits per heavy atom. The predicted octanol–water partition coefficient (Wildman–Crippen LogP) is 7.01. The standard InChI is InChI=1S/C33H41N3O2/c1-25(2)28-16-8-11-19-31(28)38-23-13-22-36-30-18-10-9-17-29(30)35-32(36)20-5-4-12-21-34-33(37)24-27-15-7-6-14-26(27)3/h6-11,14-19,25H,4-5,12-13,20-24H2,1-3H3,(H,34,37). The third-order valence-electron chi connectivity index (χ3n) is 7.07. The van der Waals surface area contributed by atoms with E-state index in [4.69, 9.17) is 9.72 Å². The van der Waals surface area contributed by atoms with Gasteiger partial charge in [0.05, 0.1) is 24.1 Å². The van der Waals surface area contributed by atoms with E-state index in [0.717, 1.165) is 73.4 Å². The Kier molecular flexibility index (Phi) is 9.97. The molecule has 1 heterocycles. The summed E-state index contributed by atoms with van der Waals surface area (Å²) in [6.45, 7) is 8.73. The van der Waals surface area contributed by atoms with E-state index in [9.17, 15) is 4.79 Å². The van der Waals surface area contributed by atoms with Gasteiger partial charge >= 0.3 is 0 Å². The quantitative estimate of drug-likeness (QED) is 0.185. The Bertz CT molecular complexity index is 1320. The fourth-order valence-corrected chi connectivity index (χ4v) is 4.92. The van der Waals surface area contributed by atoms with Crippen molar-refractivity contribution in [3.8, 4) is 5.75 Å². The Labute approximate surface area is 227 Å². The number of aryl methyl sites for hydroxylation is 3. The van der Waals surface area contributed by atoms with E-state index in [1.807, 2.05) is 24.3 Å². The van der Waals surface area contributed by atoms with Crippen molar-refractivity contribution >= 4 is 16.9 Å². The highest BCUT2D eigenvalue weighted by Crippen LogP contribution is 2.26. The normalized spacial score (nSPS) is 11.3. The van der Waals surface area contributed by atoms with E-state index >= 15 is 0 Å². The highest BCUT2D eigenvalue weighted by atomic mass is 16.5.